The van der Waals surface area contributed by atoms with Crippen molar-refractivity contribution in [3.8, 4) is 11.3 Å². The van der Waals surface area contributed by atoms with Crippen LogP contribution in [0.3, 0.4) is 0 Å². The SMILES string of the molecule is Cc1cccnc1NC(=O)CCc1ccc(-c2ccccc2F)o1. The largest absolute Gasteiger partial charge is 0.461 e. The highest BCUT2D eigenvalue weighted by Gasteiger charge is 2.11. The van der Waals surface area contributed by atoms with E-state index >= 15 is 0 Å². The number of benzene rings is 1. The van der Waals surface area contributed by atoms with Gasteiger partial charge in [0.25, 0.3) is 0 Å². The second-order valence-electron chi connectivity index (χ2n) is 5.46. The van der Waals surface area contributed by atoms with E-state index < -0.39 is 0 Å². The fourth-order valence-electron chi connectivity index (χ4n) is 2.37. The molecule has 3 aromatic rings. The number of pyridine rings is 1. The van der Waals surface area contributed by atoms with E-state index in [9.17, 15) is 9.18 Å². The number of nitrogens with zero attached hydrogens (tertiary/aromatic N) is 1. The molecule has 0 aliphatic heterocycles. The molecular weight excluding hydrogens is 307 g/mol. The zero-order valence-electron chi connectivity index (χ0n) is 13.3. The molecule has 0 fully saturated rings. The van der Waals surface area contributed by atoms with E-state index in [4.69, 9.17) is 4.42 Å². The van der Waals surface area contributed by atoms with Gasteiger partial charge in [-0.3, -0.25) is 4.79 Å². The molecular formula is C19H17FN2O2. The molecule has 0 aliphatic carbocycles. The van der Waals surface area contributed by atoms with Crippen LogP contribution in [0.5, 0.6) is 0 Å². The minimum Gasteiger partial charge on any atom is -0.461 e. The van der Waals surface area contributed by atoms with E-state index in [2.05, 4.69) is 10.3 Å². The molecule has 2 heterocycles. The van der Waals surface area contributed by atoms with Crippen LogP contribution in [0.2, 0.25) is 0 Å². The second-order valence-corrected chi connectivity index (χ2v) is 5.46. The van der Waals surface area contributed by atoms with Crippen LogP contribution in [0.15, 0.2) is 59.1 Å². The van der Waals surface area contributed by atoms with Crippen LogP contribution < -0.4 is 5.32 Å². The summed E-state index contributed by atoms with van der Waals surface area (Å²) in [6.07, 6.45) is 2.34. The summed E-state index contributed by atoms with van der Waals surface area (Å²) >= 11 is 0. The van der Waals surface area contributed by atoms with E-state index in [0.29, 0.717) is 29.3 Å². The lowest BCUT2D eigenvalue weighted by Crippen LogP contribution is -2.14. The van der Waals surface area contributed by atoms with Crippen molar-refractivity contribution in [1.29, 1.82) is 0 Å². The number of carbonyl (C=O) groups excluding carboxylic acids is 1. The van der Waals surface area contributed by atoms with E-state index in [1.807, 2.05) is 19.1 Å². The molecule has 0 radical (unpaired) electrons. The lowest BCUT2D eigenvalue weighted by Gasteiger charge is -2.06. The summed E-state index contributed by atoms with van der Waals surface area (Å²) in [6, 6.07) is 13.6. The van der Waals surface area contributed by atoms with Crippen LogP contribution in [0.4, 0.5) is 10.2 Å². The number of nitrogens with one attached hydrogen (secondary N) is 1. The lowest BCUT2D eigenvalue weighted by atomic mass is 10.1. The smallest absolute Gasteiger partial charge is 0.225 e. The van der Waals surface area contributed by atoms with Gasteiger partial charge in [-0.25, -0.2) is 9.37 Å². The third-order valence-corrected chi connectivity index (χ3v) is 3.67. The average molecular weight is 324 g/mol. The van der Waals surface area contributed by atoms with E-state index in [1.165, 1.54) is 6.07 Å². The Morgan fingerprint density at radius 3 is 2.79 bits per heavy atom. The Bertz CT molecular complexity index is 858. The molecule has 0 aliphatic rings. The van der Waals surface area contributed by atoms with Crippen LogP contribution in [0.1, 0.15) is 17.7 Å². The molecule has 5 heteroatoms. The third-order valence-electron chi connectivity index (χ3n) is 3.67. The molecule has 24 heavy (non-hydrogen) atoms. The fraction of sp³-hybridized carbons (Fsp3) is 0.158. The first kappa shape index (κ1) is 15.9. The zero-order chi connectivity index (χ0) is 16.9. The average Bonchev–Trinajstić information content (AvgIpc) is 3.04. The molecule has 3 rings (SSSR count). The van der Waals surface area contributed by atoms with Gasteiger partial charge < -0.3 is 9.73 Å². The van der Waals surface area contributed by atoms with Crippen molar-refractivity contribution >= 4 is 11.7 Å². The molecule has 0 bridgehead atoms. The molecule has 1 amide bonds. The van der Waals surface area contributed by atoms with Crippen LogP contribution in [0.25, 0.3) is 11.3 Å². The monoisotopic (exact) mass is 324 g/mol. The Morgan fingerprint density at radius 1 is 1.17 bits per heavy atom. The summed E-state index contributed by atoms with van der Waals surface area (Å²) in [5.41, 5.74) is 1.32. The Labute approximate surface area is 139 Å². The number of furan rings is 1. The molecule has 0 spiro atoms. The third kappa shape index (κ3) is 3.68. The van der Waals surface area contributed by atoms with Crippen molar-refractivity contribution < 1.29 is 13.6 Å². The van der Waals surface area contributed by atoms with Crippen molar-refractivity contribution in [2.75, 3.05) is 5.32 Å². The van der Waals surface area contributed by atoms with Crippen LogP contribution >= 0.6 is 0 Å². The Balaban J connectivity index is 1.61. The molecule has 1 N–H and O–H groups in total. The zero-order valence-corrected chi connectivity index (χ0v) is 13.3. The number of halogens is 1. The highest BCUT2D eigenvalue weighted by molar-refractivity contribution is 5.90. The van der Waals surface area contributed by atoms with Crippen LogP contribution in [-0.4, -0.2) is 10.9 Å². The Kier molecular flexibility index (Phi) is 4.70. The maximum absolute atomic E-state index is 13.7. The Morgan fingerprint density at radius 2 is 2.00 bits per heavy atom. The van der Waals surface area contributed by atoms with Gasteiger partial charge in [-0.15, -0.1) is 0 Å². The first-order valence-corrected chi connectivity index (χ1v) is 7.68. The number of rotatable bonds is 5. The summed E-state index contributed by atoms with van der Waals surface area (Å²) in [5, 5.41) is 2.78. The predicted molar refractivity (Wildman–Crippen MR) is 90.0 cm³/mol. The maximum atomic E-state index is 13.7. The van der Waals surface area contributed by atoms with Gasteiger partial charge in [0.2, 0.25) is 5.91 Å². The minimum absolute atomic E-state index is 0.138. The number of anilines is 1. The van der Waals surface area contributed by atoms with E-state index in [1.54, 1.807) is 36.5 Å². The number of carbonyl (C=O) groups is 1. The lowest BCUT2D eigenvalue weighted by molar-refractivity contribution is -0.116. The summed E-state index contributed by atoms with van der Waals surface area (Å²) in [5.74, 6) is 1.20. The topological polar surface area (TPSA) is 55.1 Å². The molecule has 2 aromatic heterocycles. The van der Waals surface area contributed by atoms with Gasteiger partial charge in [-0.2, -0.15) is 0 Å². The summed E-state index contributed by atoms with van der Waals surface area (Å²) in [6.45, 7) is 1.88. The molecule has 4 nitrogen and oxygen atoms in total. The number of amides is 1. The van der Waals surface area contributed by atoms with Crippen LogP contribution in [0, 0.1) is 12.7 Å². The van der Waals surface area contributed by atoms with E-state index in [-0.39, 0.29) is 18.1 Å². The number of aryl methyl sites for hydroxylation is 2. The van der Waals surface area contributed by atoms with Crippen molar-refractivity contribution in [2.24, 2.45) is 0 Å². The maximum Gasteiger partial charge on any atom is 0.225 e. The first-order chi connectivity index (χ1) is 11.6. The van der Waals surface area contributed by atoms with Gasteiger partial charge in [0, 0.05) is 19.0 Å². The van der Waals surface area contributed by atoms with Gasteiger partial charge in [0.05, 0.1) is 5.56 Å². The highest BCUT2D eigenvalue weighted by Crippen LogP contribution is 2.25. The van der Waals surface area contributed by atoms with Gasteiger partial charge in [-0.05, 0) is 42.8 Å². The van der Waals surface area contributed by atoms with Crippen LogP contribution in [-0.2, 0) is 11.2 Å². The molecule has 0 unspecified atom stereocenters. The Hall–Kier alpha value is -2.95. The summed E-state index contributed by atoms with van der Waals surface area (Å²) < 4.78 is 19.4. The molecule has 122 valence electrons. The number of hydrogen-bond acceptors (Lipinski definition) is 3. The van der Waals surface area contributed by atoms with Crippen molar-refractivity contribution in [3.05, 3.63) is 71.9 Å². The summed E-state index contributed by atoms with van der Waals surface area (Å²) in [7, 11) is 0. The molecule has 0 saturated carbocycles. The molecule has 0 saturated heterocycles. The standard InChI is InChI=1S/C19H17FN2O2/c1-13-5-4-12-21-19(13)22-18(23)11-9-14-8-10-17(24-14)15-6-2-3-7-16(15)20/h2-8,10,12H,9,11H2,1H3,(H,21,22,23). The van der Waals surface area contributed by atoms with Gasteiger partial charge in [0.15, 0.2) is 0 Å². The quantitative estimate of drug-likeness (QED) is 0.758. The highest BCUT2D eigenvalue weighted by atomic mass is 19.1. The van der Waals surface area contributed by atoms with E-state index in [0.717, 1.165) is 5.56 Å². The number of aromatic nitrogens is 1. The van der Waals surface area contributed by atoms with Gasteiger partial charge in [-0.1, -0.05) is 18.2 Å². The fourth-order valence-corrected chi connectivity index (χ4v) is 2.37. The minimum atomic E-state index is -0.332. The van der Waals surface area contributed by atoms with Crippen molar-refractivity contribution in [2.45, 2.75) is 19.8 Å². The predicted octanol–water partition coefficient (Wildman–Crippen LogP) is 4.36. The normalized spacial score (nSPS) is 10.6. The van der Waals surface area contributed by atoms with Gasteiger partial charge >= 0.3 is 0 Å². The molecule has 0 atom stereocenters. The molecule has 1 aromatic carbocycles. The second kappa shape index (κ2) is 7.08. The van der Waals surface area contributed by atoms with Crippen molar-refractivity contribution in [1.82, 2.24) is 4.98 Å². The van der Waals surface area contributed by atoms with Crippen molar-refractivity contribution in [3.63, 3.8) is 0 Å². The summed E-state index contributed by atoms with van der Waals surface area (Å²) in [4.78, 5) is 16.1. The first-order valence-electron chi connectivity index (χ1n) is 7.68. The van der Waals surface area contributed by atoms with Gasteiger partial charge in [0.1, 0.15) is 23.2 Å². The number of hydrogen-bond donors (Lipinski definition) is 1.